The minimum absolute atomic E-state index is 0.271. The molecule has 100 valence electrons. The Balaban J connectivity index is 2.02. The first kappa shape index (κ1) is 12.4. The Morgan fingerprint density at radius 1 is 1.00 bits per heavy atom. The maximum Gasteiger partial charge on any atom is 0.123 e. The third-order valence-corrected chi connectivity index (χ3v) is 3.16. The number of hydrogen-bond donors (Lipinski definition) is 1. The molecule has 0 aliphatic carbocycles. The van der Waals surface area contributed by atoms with Gasteiger partial charge < -0.3 is 5.73 Å². The van der Waals surface area contributed by atoms with Crippen LogP contribution >= 0.6 is 0 Å². The molecule has 1 heterocycles. The average Bonchev–Trinajstić information content (AvgIpc) is 2.82. The molecule has 3 nitrogen and oxygen atoms in total. The number of anilines is 1. The first-order chi connectivity index (χ1) is 9.63. The van der Waals surface area contributed by atoms with Crippen LogP contribution in [0, 0.1) is 12.7 Å². The van der Waals surface area contributed by atoms with Gasteiger partial charge in [-0.1, -0.05) is 29.8 Å². The van der Waals surface area contributed by atoms with E-state index < -0.39 is 0 Å². The minimum Gasteiger partial charge on any atom is -0.396 e. The van der Waals surface area contributed by atoms with E-state index in [1.54, 1.807) is 23.0 Å². The molecule has 0 spiro atoms. The number of aryl methyl sites for hydroxylation is 1. The number of hydrogen-bond acceptors (Lipinski definition) is 2. The Kier molecular flexibility index (Phi) is 2.99. The second-order valence-corrected chi connectivity index (χ2v) is 4.72. The first-order valence-electron chi connectivity index (χ1n) is 6.31. The fourth-order valence-electron chi connectivity index (χ4n) is 2.05. The van der Waals surface area contributed by atoms with Crippen molar-refractivity contribution in [3.63, 3.8) is 0 Å². The third-order valence-electron chi connectivity index (χ3n) is 3.16. The van der Waals surface area contributed by atoms with Gasteiger partial charge in [-0.05, 0) is 31.2 Å². The van der Waals surface area contributed by atoms with E-state index in [4.69, 9.17) is 5.73 Å². The van der Waals surface area contributed by atoms with Crippen LogP contribution in [0.5, 0.6) is 0 Å². The van der Waals surface area contributed by atoms with Gasteiger partial charge in [-0.15, -0.1) is 0 Å². The molecule has 0 radical (unpaired) electrons. The fraction of sp³-hybridized carbons (Fsp3) is 0.0625. The standard InChI is InChI=1S/C16H14FN3/c1-11-2-4-12(5-3-11)16-15(18)10-20(19-16)14-8-6-13(17)7-9-14/h2-10H,18H2,1H3. The van der Waals surface area contributed by atoms with Crippen LogP contribution in [-0.2, 0) is 0 Å². The van der Waals surface area contributed by atoms with Gasteiger partial charge in [0.05, 0.1) is 17.6 Å². The molecule has 0 aliphatic rings. The van der Waals surface area contributed by atoms with Gasteiger partial charge in [0.1, 0.15) is 11.5 Å². The Labute approximate surface area is 116 Å². The molecule has 3 aromatic rings. The van der Waals surface area contributed by atoms with Crippen molar-refractivity contribution >= 4 is 5.69 Å². The third kappa shape index (κ3) is 2.28. The molecule has 2 aromatic carbocycles. The molecule has 0 saturated heterocycles. The molecule has 0 fully saturated rings. The Hall–Kier alpha value is -2.62. The second kappa shape index (κ2) is 4.81. The van der Waals surface area contributed by atoms with E-state index in [0.29, 0.717) is 5.69 Å². The van der Waals surface area contributed by atoms with E-state index >= 15 is 0 Å². The number of nitrogens with two attached hydrogens (primary N) is 1. The van der Waals surface area contributed by atoms with Crippen molar-refractivity contribution in [3.05, 3.63) is 66.1 Å². The lowest BCUT2D eigenvalue weighted by Gasteiger charge is -2.01. The van der Waals surface area contributed by atoms with E-state index in [9.17, 15) is 4.39 Å². The number of aromatic nitrogens is 2. The summed E-state index contributed by atoms with van der Waals surface area (Å²) in [7, 11) is 0. The molecule has 0 bridgehead atoms. The second-order valence-electron chi connectivity index (χ2n) is 4.72. The molecule has 1 aromatic heterocycles. The summed E-state index contributed by atoms with van der Waals surface area (Å²) in [6.45, 7) is 2.03. The van der Waals surface area contributed by atoms with Crippen LogP contribution in [-0.4, -0.2) is 9.78 Å². The van der Waals surface area contributed by atoms with E-state index in [1.165, 1.54) is 17.7 Å². The number of halogens is 1. The van der Waals surface area contributed by atoms with Crippen molar-refractivity contribution in [1.29, 1.82) is 0 Å². The van der Waals surface area contributed by atoms with Gasteiger partial charge in [0.25, 0.3) is 0 Å². The fourth-order valence-corrected chi connectivity index (χ4v) is 2.05. The molecule has 0 unspecified atom stereocenters. The van der Waals surface area contributed by atoms with Crippen LogP contribution in [0.2, 0.25) is 0 Å². The van der Waals surface area contributed by atoms with E-state index in [0.717, 1.165) is 16.9 Å². The largest absolute Gasteiger partial charge is 0.396 e. The predicted octanol–water partition coefficient (Wildman–Crippen LogP) is 3.57. The number of nitrogens with zero attached hydrogens (tertiary/aromatic N) is 2. The zero-order chi connectivity index (χ0) is 14.1. The van der Waals surface area contributed by atoms with Crippen molar-refractivity contribution in [1.82, 2.24) is 9.78 Å². The molecular formula is C16H14FN3. The van der Waals surface area contributed by atoms with Crippen molar-refractivity contribution in [2.45, 2.75) is 6.92 Å². The molecule has 4 heteroatoms. The van der Waals surface area contributed by atoms with Crippen LogP contribution in [0.15, 0.2) is 54.7 Å². The maximum atomic E-state index is 12.9. The van der Waals surface area contributed by atoms with Gasteiger partial charge in [0.2, 0.25) is 0 Å². The number of rotatable bonds is 2. The van der Waals surface area contributed by atoms with Crippen LogP contribution in [0.1, 0.15) is 5.56 Å². The van der Waals surface area contributed by atoms with E-state index in [2.05, 4.69) is 5.10 Å². The summed E-state index contributed by atoms with van der Waals surface area (Å²) < 4.78 is 14.6. The molecule has 0 aliphatic heterocycles. The summed E-state index contributed by atoms with van der Waals surface area (Å²) in [5.41, 5.74) is 10.3. The van der Waals surface area contributed by atoms with Crippen LogP contribution in [0.4, 0.5) is 10.1 Å². The highest BCUT2D eigenvalue weighted by atomic mass is 19.1. The van der Waals surface area contributed by atoms with Gasteiger partial charge in [0.15, 0.2) is 0 Å². The van der Waals surface area contributed by atoms with Crippen molar-refractivity contribution < 1.29 is 4.39 Å². The maximum absolute atomic E-state index is 12.9. The van der Waals surface area contributed by atoms with E-state index in [-0.39, 0.29) is 5.82 Å². The summed E-state index contributed by atoms with van der Waals surface area (Å²) in [4.78, 5) is 0. The summed E-state index contributed by atoms with van der Waals surface area (Å²) in [6, 6.07) is 14.2. The molecular weight excluding hydrogens is 253 g/mol. The highest BCUT2D eigenvalue weighted by Gasteiger charge is 2.09. The van der Waals surface area contributed by atoms with Gasteiger partial charge >= 0.3 is 0 Å². The Bertz CT molecular complexity index is 727. The average molecular weight is 267 g/mol. The SMILES string of the molecule is Cc1ccc(-c2nn(-c3ccc(F)cc3)cc2N)cc1. The lowest BCUT2D eigenvalue weighted by Crippen LogP contribution is -1.94. The molecule has 20 heavy (non-hydrogen) atoms. The first-order valence-corrected chi connectivity index (χ1v) is 6.31. The Morgan fingerprint density at radius 2 is 1.65 bits per heavy atom. The molecule has 3 rings (SSSR count). The van der Waals surface area contributed by atoms with Gasteiger partial charge in [-0.3, -0.25) is 0 Å². The summed E-state index contributed by atoms with van der Waals surface area (Å²) in [6.07, 6.45) is 1.74. The highest BCUT2D eigenvalue weighted by Crippen LogP contribution is 2.25. The van der Waals surface area contributed by atoms with Gasteiger partial charge in [-0.2, -0.15) is 5.10 Å². The predicted molar refractivity (Wildman–Crippen MR) is 78.1 cm³/mol. The topological polar surface area (TPSA) is 43.8 Å². The number of nitrogen functional groups attached to an aromatic ring is 1. The van der Waals surface area contributed by atoms with E-state index in [1.807, 2.05) is 31.2 Å². The summed E-state index contributed by atoms with van der Waals surface area (Å²) in [5, 5.41) is 4.48. The normalized spacial score (nSPS) is 10.7. The van der Waals surface area contributed by atoms with Crippen LogP contribution < -0.4 is 5.73 Å². The summed E-state index contributed by atoms with van der Waals surface area (Å²) >= 11 is 0. The van der Waals surface area contributed by atoms with Crippen LogP contribution in [0.25, 0.3) is 16.9 Å². The van der Waals surface area contributed by atoms with Gasteiger partial charge in [0, 0.05) is 5.56 Å². The number of benzene rings is 2. The van der Waals surface area contributed by atoms with Crippen molar-refractivity contribution in [2.75, 3.05) is 5.73 Å². The smallest absolute Gasteiger partial charge is 0.123 e. The van der Waals surface area contributed by atoms with Crippen LogP contribution in [0.3, 0.4) is 0 Å². The summed E-state index contributed by atoms with van der Waals surface area (Å²) in [5.74, 6) is -0.271. The molecule has 0 saturated carbocycles. The van der Waals surface area contributed by atoms with Crippen molar-refractivity contribution in [3.8, 4) is 16.9 Å². The lowest BCUT2D eigenvalue weighted by atomic mass is 10.1. The molecule has 0 atom stereocenters. The molecule has 2 N–H and O–H groups in total. The highest BCUT2D eigenvalue weighted by molar-refractivity contribution is 5.72. The van der Waals surface area contributed by atoms with Crippen molar-refractivity contribution in [2.24, 2.45) is 0 Å². The lowest BCUT2D eigenvalue weighted by molar-refractivity contribution is 0.627. The van der Waals surface area contributed by atoms with Gasteiger partial charge in [-0.25, -0.2) is 9.07 Å². The minimum atomic E-state index is -0.271. The quantitative estimate of drug-likeness (QED) is 0.771. The molecule has 0 amide bonds. The Morgan fingerprint density at radius 3 is 2.30 bits per heavy atom. The zero-order valence-electron chi connectivity index (χ0n) is 11.0. The zero-order valence-corrected chi connectivity index (χ0v) is 11.0. The monoisotopic (exact) mass is 267 g/mol.